The van der Waals surface area contributed by atoms with Crippen molar-refractivity contribution in [3.05, 3.63) is 29.8 Å². The van der Waals surface area contributed by atoms with Gasteiger partial charge in [0.2, 0.25) is 9.84 Å². The standard InChI is InChI=1S/C10H11IO3S/c1-7(2)8-3-5-9(6-4-8)15(13,14)10(11)12/h3-7H,1-2H3. The Bertz CT molecular complexity index is 460. The Morgan fingerprint density at radius 1 is 1.20 bits per heavy atom. The van der Waals surface area contributed by atoms with Gasteiger partial charge in [0.1, 0.15) is 0 Å². The molecule has 0 saturated carbocycles. The molecular formula is C10H11IO3S. The van der Waals surface area contributed by atoms with Crippen LogP contribution in [-0.2, 0) is 9.84 Å². The van der Waals surface area contributed by atoms with Gasteiger partial charge in [-0.05, 0) is 23.6 Å². The first-order valence-electron chi connectivity index (χ1n) is 4.40. The monoisotopic (exact) mass is 338 g/mol. The summed E-state index contributed by atoms with van der Waals surface area (Å²) in [5, 5.41) is 0. The molecule has 0 atom stereocenters. The molecule has 0 unspecified atom stereocenters. The number of carbonyl (C=O) groups excluding carboxylic acids is 1. The van der Waals surface area contributed by atoms with E-state index in [-0.39, 0.29) is 4.90 Å². The SMILES string of the molecule is CC(C)c1ccc(S(=O)(=O)C(=O)I)cc1. The van der Waals surface area contributed by atoms with Crippen LogP contribution in [0, 0.1) is 0 Å². The Morgan fingerprint density at radius 2 is 1.67 bits per heavy atom. The number of hydrogen-bond donors (Lipinski definition) is 0. The van der Waals surface area contributed by atoms with Gasteiger partial charge in [-0.25, -0.2) is 8.42 Å². The maximum Gasteiger partial charge on any atom is 0.310 e. The van der Waals surface area contributed by atoms with E-state index in [0.29, 0.717) is 5.92 Å². The van der Waals surface area contributed by atoms with E-state index in [1.807, 2.05) is 13.8 Å². The third-order valence-corrected chi connectivity index (χ3v) is 5.12. The van der Waals surface area contributed by atoms with Crippen LogP contribution in [0.25, 0.3) is 0 Å². The van der Waals surface area contributed by atoms with Crippen molar-refractivity contribution in [1.82, 2.24) is 0 Å². The molecular weight excluding hydrogens is 327 g/mol. The normalized spacial score (nSPS) is 11.7. The molecule has 3 nitrogen and oxygen atoms in total. The molecule has 15 heavy (non-hydrogen) atoms. The minimum atomic E-state index is -3.77. The van der Waals surface area contributed by atoms with Crippen LogP contribution >= 0.6 is 22.6 Å². The second-order valence-electron chi connectivity index (χ2n) is 3.46. The number of halogens is 1. The predicted molar refractivity (Wildman–Crippen MR) is 67.1 cm³/mol. The molecule has 0 heterocycles. The Balaban J connectivity index is 3.16. The van der Waals surface area contributed by atoms with Crippen LogP contribution in [0.3, 0.4) is 0 Å². The average molecular weight is 338 g/mol. The van der Waals surface area contributed by atoms with Gasteiger partial charge in [-0.15, -0.1) is 0 Å². The Kier molecular flexibility index (Phi) is 3.88. The lowest BCUT2D eigenvalue weighted by molar-refractivity contribution is 0.276. The van der Waals surface area contributed by atoms with E-state index in [1.54, 1.807) is 12.1 Å². The topological polar surface area (TPSA) is 51.2 Å². The van der Waals surface area contributed by atoms with E-state index < -0.39 is 13.0 Å². The highest BCUT2D eigenvalue weighted by atomic mass is 127. The van der Waals surface area contributed by atoms with Gasteiger partial charge in [0, 0.05) is 22.6 Å². The van der Waals surface area contributed by atoms with Crippen molar-refractivity contribution in [2.24, 2.45) is 0 Å². The summed E-state index contributed by atoms with van der Waals surface area (Å²) in [6, 6.07) is 6.41. The third kappa shape index (κ3) is 2.78. The van der Waals surface area contributed by atoms with E-state index in [9.17, 15) is 13.2 Å². The smallest absolute Gasteiger partial charge is 0.269 e. The van der Waals surface area contributed by atoms with Crippen molar-refractivity contribution in [1.29, 1.82) is 0 Å². The van der Waals surface area contributed by atoms with Gasteiger partial charge in [0.15, 0.2) is 0 Å². The molecule has 0 aromatic heterocycles. The van der Waals surface area contributed by atoms with Gasteiger partial charge in [-0.2, -0.15) is 0 Å². The lowest BCUT2D eigenvalue weighted by Crippen LogP contribution is -2.06. The highest BCUT2D eigenvalue weighted by molar-refractivity contribution is 14.1. The van der Waals surface area contributed by atoms with Crippen LogP contribution < -0.4 is 0 Å². The van der Waals surface area contributed by atoms with Crippen molar-refractivity contribution in [3.8, 4) is 0 Å². The number of carbonyl (C=O) groups is 1. The van der Waals surface area contributed by atoms with Crippen molar-refractivity contribution in [3.63, 3.8) is 0 Å². The summed E-state index contributed by atoms with van der Waals surface area (Å²) in [5.74, 6) is 0.344. The zero-order valence-electron chi connectivity index (χ0n) is 8.40. The molecule has 0 aliphatic rings. The van der Waals surface area contributed by atoms with E-state index in [4.69, 9.17) is 0 Å². The minimum Gasteiger partial charge on any atom is -0.269 e. The van der Waals surface area contributed by atoms with Crippen LogP contribution in [-0.4, -0.2) is 11.5 Å². The summed E-state index contributed by atoms with van der Waals surface area (Å²) < 4.78 is 22.1. The number of rotatable bonds is 2. The van der Waals surface area contributed by atoms with Crippen LogP contribution in [0.1, 0.15) is 25.3 Å². The van der Waals surface area contributed by atoms with Crippen molar-refractivity contribution < 1.29 is 13.2 Å². The van der Waals surface area contributed by atoms with Crippen LogP contribution in [0.4, 0.5) is 4.79 Å². The highest BCUT2D eigenvalue weighted by Gasteiger charge is 2.21. The molecule has 0 fully saturated rings. The lowest BCUT2D eigenvalue weighted by Gasteiger charge is -2.05. The number of sulfone groups is 1. The van der Waals surface area contributed by atoms with Gasteiger partial charge in [0.05, 0.1) is 4.90 Å². The van der Waals surface area contributed by atoms with E-state index in [0.717, 1.165) is 5.56 Å². The van der Waals surface area contributed by atoms with Crippen LogP contribution in [0.15, 0.2) is 29.2 Å². The largest absolute Gasteiger partial charge is 0.310 e. The molecule has 82 valence electrons. The second-order valence-corrected chi connectivity index (χ2v) is 7.03. The third-order valence-electron chi connectivity index (χ3n) is 2.07. The van der Waals surface area contributed by atoms with Crippen molar-refractivity contribution in [2.75, 3.05) is 0 Å². The fourth-order valence-corrected chi connectivity index (χ4v) is 2.57. The molecule has 0 saturated heterocycles. The Labute approximate surface area is 103 Å². The first-order chi connectivity index (χ1) is 6.85. The number of hydrogen-bond acceptors (Lipinski definition) is 3. The Morgan fingerprint density at radius 3 is 2.00 bits per heavy atom. The second kappa shape index (κ2) is 4.61. The molecule has 1 aromatic rings. The Hall–Kier alpha value is -0.430. The molecule has 0 bridgehead atoms. The van der Waals surface area contributed by atoms with Crippen molar-refractivity contribution >= 4 is 35.6 Å². The summed E-state index contributed by atoms with van der Waals surface area (Å²) in [7, 11) is -3.77. The molecule has 5 heteroatoms. The van der Waals surface area contributed by atoms with Gasteiger partial charge in [0.25, 0.3) is 0 Å². The summed E-state index contributed by atoms with van der Waals surface area (Å²) in [4.78, 5) is 10.9. The first kappa shape index (κ1) is 12.6. The highest BCUT2D eigenvalue weighted by Crippen LogP contribution is 2.20. The zero-order chi connectivity index (χ0) is 11.6. The summed E-state index contributed by atoms with van der Waals surface area (Å²) >= 11 is 1.28. The zero-order valence-corrected chi connectivity index (χ0v) is 11.4. The maximum atomic E-state index is 11.5. The van der Waals surface area contributed by atoms with Crippen molar-refractivity contribution in [2.45, 2.75) is 24.7 Å². The quantitative estimate of drug-likeness (QED) is 0.615. The number of benzene rings is 1. The fraction of sp³-hybridized carbons (Fsp3) is 0.300. The van der Waals surface area contributed by atoms with Crippen LogP contribution in [0.5, 0.6) is 0 Å². The van der Waals surface area contributed by atoms with Gasteiger partial charge < -0.3 is 0 Å². The molecule has 0 aliphatic heterocycles. The van der Waals surface area contributed by atoms with Crippen LogP contribution in [0.2, 0.25) is 0 Å². The van der Waals surface area contributed by atoms with E-state index in [2.05, 4.69) is 0 Å². The maximum absolute atomic E-state index is 11.5. The van der Waals surface area contributed by atoms with Gasteiger partial charge >= 0.3 is 3.12 Å². The fourth-order valence-electron chi connectivity index (χ4n) is 1.12. The van der Waals surface area contributed by atoms with Gasteiger partial charge in [-0.3, -0.25) is 4.79 Å². The molecule has 1 aromatic carbocycles. The van der Waals surface area contributed by atoms with E-state index >= 15 is 0 Å². The molecule has 0 N–H and O–H groups in total. The predicted octanol–water partition coefficient (Wildman–Crippen LogP) is 3.14. The molecule has 0 radical (unpaired) electrons. The average Bonchev–Trinajstić information content (AvgIpc) is 2.17. The molecule has 0 amide bonds. The lowest BCUT2D eigenvalue weighted by atomic mass is 10.0. The summed E-state index contributed by atoms with van der Waals surface area (Å²) in [6.07, 6.45) is 0. The molecule has 1 rings (SSSR count). The molecule has 0 spiro atoms. The summed E-state index contributed by atoms with van der Waals surface area (Å²) in [5.41, 5.74) is 1.05. The molecule has 0 aliphatic carbocycles. The van der Waals surface area contributed by atoms with E-state index in [1.165, 1.54) is 34.7 Å². The minimum absolute atomic E-state index is 0.0614. The first-order valence-corrected chi connectivity index (χ1v) is 6.96. The summed E-state index contributed by atoms with van der Waals surface area (Å²) in [6.45, 7) is 4.04. The van der Waals surface area contributed by atoms with Gasteiger partial charge in [-0.1, -0.05) is 26.0 Å².